The third-order valence-corrected chi connectivity index (χ3v) is 4.58. The fraction of sp³-hybridized carbons (Fsp3) is 0.647. The largest absolute Gasteiger partial charge is 0.327 e. The van der Waals surface area contributed by atoms with Gasteiger partial charge in [0, 0.05) is 12.1 Å². The van der Waals surface area contributed by atoms with Crippen molar-refractivity contribution in [1.29, 1.82) is 0 Å². The zero-order valence-electron chi connectivity index (χ0n) is 12.5. The molecule has 0 radical (unpaired) electrons. The molecule has 0 spiro atoms. The molecule has 0 heterocycles. The standard InChI is InChI=1S/C17H25F2N/c1-12(2)11-17(5-3-4-6-17)16(20)9-13-7-14(18)10-15(19)8-13/h7-8,10,12,16H,3-6,9,11,20H2,1-2H3. The predicted octanol–water partition coefficient (Wildman–Crippen LogP) is 4.44. The second-order valence-electron chi connectivity index (χ2n) is 6.76. The maximum Gasteiger partial charge on any atom is 0.126 e. The molecular formula is C17H25F2N. The minimum Gasteiger partial charge on any atom is -0.327 e. The lowest BCUT2D eigenvalue weighted by molar-refractivity contribution is 0.181. The average molecular weight is 281 g/mol. The first kappa shape index (κ1) is 15.4. The lowest BCUT2D eigenvalue weighted by atomic mass is 9.71. The zero-order chi connectivity index (χ0) is 14.8. The van der Waals surface area contributed by atoms with Crippen molar-refractivity contribution >= 4 is 0 Å². The normalized spacial score (nSPS) is 19.5. The van der Waals surface area contributed by atoms with E-state index < -0.39 is 11.6 Å². The predicted molar refractivity (Wildman–Crippen MR) is 78.4 cm³/mol. The Morgan fingerprint density at radius 3 is 2.15 bits per heavy atom. The molecule has 0 aliphatic heterocycles. The molecule has 1 unspecified atom stereocenters. The molecule has 0 aromatic heterocycles. The van der Waals surface area contributed by atoms with Crippen LogP contribution in [0.4, 0.5) is 8.78 Å². The molecule has 2 rings (SSSR count). The Labute approximate surface area is 120 Å². The third-order valence-electron chi connectivity index (χ3n) is 4.58. The van der Waals surface area contributed by atoms with Gasteiger partial charge in [0.05, 0.1) is 0 Å². The second kappa shape index (κ2) is 6.21. The molecule has 1 aromatic carbocycles. The summed E-state index contributed by atoms with van der Waals surface area (Å²) in [5.74, 6) is -0.434. The van der Waals surface area contributed by atoms with E-state index in [1.165, 1.54) is 25.0 Å². The van der Waals surface area contributed by atoms with Crippen LogP contribution in [0, 0.1) is 23.0 Å². The highest BCUT2D eigenvalue weighted by Crippen LogP contribution is 2.46. The first-order chi connectivity index (χ1) is 9.41. The quantitative estimate of drug-likeness (QED) is 0.848. The molecule has 0 bridgehead atoms. The van der Waals surface area contributed by atoms with E-state index in [0.717, 1.165) is 25.3 Å². The van der Waals surface area contributed by atoms with Crippen LogP contribution in [0.1, 0.15) is 51.5 Å². The van der Waals surface area contributed by atoms with Gasteiger partial charge in [-0.2, -0.15) is 0 Å². The van der Waals surface area contributed by atoms with Gasteiger partial charge >= 0.3 is 0 Å². The van der Waals surface area contributed by atoms with E-state index in [9.17, 15) is 8.78 Å². The van der Waals surface area contributed by atoms with Gasteiger partial charge in [0.1, 0.15) is 11.6 Å². The van der Waals surface area contributed by atoms with Crippen LogP contribution in [0.25, 0.3) is 0 Å². The highest BCUT2D eigenvalue weighted by atomic mass is 19.1. The molecule has 0 saturated heterocycles. The number of halogens is 2. The lowest BCUT2D eigenvalue weighted by Gasteiger charge is -2.37. The molecule has 1 atom stereocenters. The van der Waals surface area contributed by atoms with Gasteiger partial charge in [0.2, 0.25) is 0 Å². The van der Waals surface area contributed by atoms with Gasteiger partial charge in [-0.05, 0) is 54.7 Å². The summed E-state index contributed by atoms with van der Waals surface area (Å²) < 4.78 is 26.6. The van der Waals surface area contributed by atoms with Crippen LogP contribution in [-0.2, 0) is 6.42 Å². The number of hydrogen-bond acceptors (Lipinski definition) is 1. The van der Waals surface area contributed by atoms with Crippen LogP contribution in [0.2, 0.25) is 0 Å². The van der Waals surface area contributed by atoms with Crippen LogP contribution in [0.5, 0.6) is 0 Å². The minimum atomic E-state index is -0.517. The molecule has 3 heteroatoms. The maximum absolute atomic E-state index is 13.3. The molecule has 0 amide bonds. The van der Waals surface area contributed by atoms with Gasteiger partial charge in [-0.25, -0.2) is 8.78 Å². The highest BCUT2D eigenvalue weighted by Gasteiger charge is 2.39. The van der Waals surface area contributed by atoms with Crippen molar-refractivity contribution in [3.63, 3.8) is 0 Å². The summed E-state index contributed by atoms with van der Waals surface area (Å²) in [6, 6.07) is 3.70. The Morgan fingerprint density at radius 1 is 1.10 bits per heavy atom. The van der Waals surface area contributed by atoms with Crippen LogP contribution in [-0.4, -0.2) is 6.04 Å². The topological polar surface area (TPSA) is 26.0 Å². The summed E-state index contributed by atoms with van der Waals surface area (Å²) in [5, 5.41) is 0. The van der Waals surface area contributed by atoms with Crippen LogP contribution < -0.4 is 5.73 Å². The van der Waals surface area contributed by atoms with Crippen molar-refractivity contribution < 1.29 is 8.78 Å². The second-order valence-corrected chi connectivity index (χ2v) is 6.76. The number of benzene rings is 1. The SMILES string of the molecule is CC(C)CC1(C(N)Cc2cc(F)cc(F)c2)CCCC1. The van der Waals surface area contributed by atoms with Crippen LogP contribution in [0.15, 0.2) is 18.2 Å². The molecule has 1 aliphatic carbocycles. The van der Waals surface area contributed by atoms with Crippen molar-refractivity contribution in [3.8, 4) is 0 Å². The van der Waals surface area contributed by atoms with Gasteiger partial charge in [0.15, 0.2) is 0 Å². The van der Waals surface area contributed by atoms with Crippen molar-refractivity contribution in [2.45, 2.75) is 58.4 Å². The summed E-state index contributed by atoms with van der Waals surface area (Å²) in [5.41, 5.74) is 7.27. The van der Waals surface area contributed by atoms with E-state index in [0.29, 0.717) is 17.9 Å². The van der Waals surface area contributed by atoms with Crippen LogP contribution >= 0.6 is 0 Å². The molecule has 2 N–H and O–H groups in total. The van der Waals surface area contributed by atoms with E-state index in [4.69, 9.17) is 5.73 Å². The number of hydrogen-bond donors (Lipinski definition) is 1. The van der Waals surface area contributed by atoms with Crippen molar-refractivity contribution in [2.24, 2.45) is 17.1 Å². The molecule has 1 aliphatic rings. The van der Waals surface area contributed by atoms with E-state index >= 15 is 0 Å². The van der Waals surface area contributed by atoms with E-state index in [-0.39, 0.29) is 11.5 Å². The molecule has 1 fully saturated rings. The first-order valence-corrected chi connectivity index (χ1v) is 7.62. The summed E-state index contributed by atoms with van der Waals surface area (Å²) in [4.78, 5) is 0. The number of rotatable bonds is 5. The minimum absolute atomic E-state index is 0.0198. The Balaban J connectivity index is 2.14. The van der Waals surface area contributed by atoms with E-state index in [1.807, 2.05) is 0 Å². The maximum atomic E-state index is 13.3. The van der Waals surface area contributed by atoms with Crippen LogP contribution in [0.3, 0.4) is 0 Å². The Morgan fingerprint density at radius 2 is 1.65 bits per heavy atom. The Bertz CT molecular complexity index is 430. The average Bonchev–Trinajstić information content (AvgIpc) is 2.76. The summed E-state index contributed by atoms with van der Waals surface area (Å²) in [6.45, 7) is 4.43. The lowest BCUT2D eigenvalue weighted by Crippen LogP contribution is -2.42. The molecule has 20 heavy (non-hydrogen) atoms. The fourth-order valence-electron chi connectivity index (χ4n) is 3.82. The van der Waals surface area contributed by atoms with Crippen molar-refractivity contribution in [1.82, 2.24) is 0 Å². The molecule has 112 valence electrons. The van der Waals surface area contributed by atoms with Gasteiger partial charge < -0.3 is 5.73 Å². The zero-order valence-corrected chi connectivity index (χ0v) is 12.5. The van der Waals surface area contributed by atoms with E-state index in [1.54, 1.807) is 0 Å². The van der Waals surface area contributed by atoms with Gasteiger partial charge in [-0.3, -0.25) is 0 Å². The molecule has 1 nitrogen and oxygen atoms in total. The molecule has 1 saturated carbocycles. The summed E-state index contributed by atoms with van der Waals surface area (Å²) >= 11 is 0. The molecule has 1 aromatic rings. The van der Waals surface area contributed by atoms with Crippen molar-refractivity contribution in [3.05, 3.63) is 35.4 Å². The smallest absolute Gasteiger partial charge is 0.126 e. The van der Waals surface area contributed by atoms with E-state index in [2.05, 4.69) is 13.8 Å². The van der Waals surface area contributed by atoms with Crippen molar-refractivity contribution in [2.75, 3.05) is 0 Å². The van der Waals surface area contributed by atoms with Gasteiger partial charge in [-0.1, -0.05) is 26.7 Å². The monoisotopic (exact) mass is 281 g/mol. The Kier molecular flexibility index (Phi) is 4.79. The van der Waals surface area contributed by atoms with Gasteiger partial charge in [0.25, 0.3) is 0 Å². The third kappa shape index (κ3) is 3.57. The molecular weight excluding hydrogens is 256 g/mol. The fourth-order valence-corrected chi connectivity index (χ4v) is 3.82. The first-order valence-electron chi connectivity index (χ1n) is 7.62. The summed E-state index contributed by atoms with van der Waals surface area (Å²) in [7, 11) is 0. The van der Waals surface area contributed by atoms with Gasteiger partial charge in [-0.15, -0.1) is 0 Å². The number of nitrogens with two attached hydrogens (primary N) is 1. The Hall–Kier alpha value is -0.960. The summed E-state index contributed by atoms with van der Waals surface area (Å²) in [6.07, 6.45) is 6.39. The highest BCUT2D eigenvalue weighted by molar-refractivity contribution is 5.19.